The summed E-state index contributed by atoms with van der Waals surface area (Å²) in [5.41, 5.74) is 7.49. The van der Waals surface area contributed by atoms with Crippen molar-refractivity contribution in [2.24, 2.45) is 5.73 Å². The van der Waals surface area contributed by atoms with Crippen molar-refractivity contribution in [1.82, 2.24) is 15.3 Å². The molecule has 2 aromatic heterocycles. The van der Waals surface area contributed by atoms with Crippen LogP contribution in [-0.2, 0) is 23.2 Å². The van der Waals surface area contributed by atoms with Gasteiger partial charge in [-0.25, -0.2) is 0 Å². The van der Waals surface area contributed by atoms with E-state index in [4.69, 9.17) is 28.9 Å². The summed E-state index contributed by atoms with van der Waals surface area (Å²) in [5.74, 6) is -0.489. The van der Waals surface area contributed by atoms with E-state index in [0.717, 1.165) is 11.1 Å². The van der Waals surface area contributed by atoms with Crippen LogP contribution in [0.2, 0.25) is 10.0 Å². The van der Waals surface area contributed by atoms with Crippen LogP contribution in [0.1, 0.15) is 23.1 Å². The molecule has 0 bridgehead atoms. The monoisotopic (exact) mass is 428 g/mol. The van der Waals surface area contributed by atoms with Gasteiger partial charge in [0.15, 0.2) is 0 Å². The van der Waals surface area contributed by atoms with Gasteiger partial charge in [-0.3, -0.25) is 20.1 Å². The van der Waals surface area contributed by atoms with E-state index in [1.54, 1.807) is 43.0 Å². The number of rotatable bonds is 9. The van der Waals surface area contributed by atoms with E-state index in [0.29, 0.717) is 41.4 Å². The van der Waals surface area contributed by atoms with Gasteiger partial charge in [0.1, 0.15) is 5.54 Å². The largest absolute Gasteiger partial charge is 0.368 e. The predicted molar refractivity (Wildman–Crippen MR) is 116 cm³/mol. The van der Waals surface area contributed by atoms with Crippen LogP contribution in [0.3, 0.4) is 0 Å². The maximum Gasteiger partial charge on any atom is 0.242 e. The summed E-state index contributed by atoms with van der Waals surface area (Å²) in [6.07, 6.45) is 8.77. The fourth-order valence-electron chi connectivity index (χ4n) is 3.34. The normalized spacial score (nSPS) is 13.0. The van der Waals surface area contributed by atoms with Crippen molar-refractivity contribution >= 4 is 29.1 Å². The number of aromatic nitrogens is 2. The van der Waals surface area contributed by atoms with Gasteiger partial charge in [-0.2, -0.15) is 0 Å². The fraction of sp³-hybridized carbons (Fsp3) is 0.227. The first kappa shape index (κ1) is 21.2. The predicted octanol–water partition coefficient (Wildman–Crippen LogP) is 3.93. The number of nitrogens with one attached hydrogen (secondary N) is 1. The minimum Gasteiger partial charge on any atom is -0.368 e. The van der Waals surface area contributed by atoms with Crippen LogP contribution in [0.4, 0.5) is 0 Å². The smallest absolute Gasteiger partial charge is 0.242 e. The lowest BCUT2D eigenvalue weighted by Gasteiger charge is -2.33. The first-order chi connectivity index (χ1) is 14.0. The van der Waals surface area contributed by atoms with Crippen LogP contribution in [0.25, 0.3) is 0 Å². The number of halogens is 2. The molecule has 0 saturated carbocycles. The molecular formula is C22H22Cl2N4O. The van der Waals surface area contributed by atoms with Crippen LogP contribution >= 0.6 is 23.2 Å². The zero-order valence-electron chi connectivity index (χ0n) is 15.8. The molecule has 3 aromatic rings. The summed E-state index contributed by atoms with van der Waals surface area (Å²) in [6.45, 7) is 0.528. The lowest BCUT2D eigenvalue weighted by molar-refractivity contribution is -0.125. The van der Waals surface area contributed by atoms with Crippen LogP contribution in [0, 0.1) is 0 Å². The Bertz CT molecular complexity index is 954. The van der Waals surface area contributed by atoms with Crippen LogP contribution < -0.4 is 11.1 Å². The molecule has 3 N–H and O–H groups in total. The van der Waals surface area contributed by atoms with Gasteiger partial charge in [-0.05, 0) is 54.7 Å². The Kier molecular flexibility index (Phi) is 7.20. The highest BCUT2D eigenvalue weighted by molar-refractivity contribution is 6.35. The van der Waals surface area contributed by atoms with Gasteiger partial charge >= 0.3 is 0 Å². The van der Waals surface area contributed by atoms with E-state index >= 15 is 0 Å². The molecule has 0 aliphatic heterocycles. The van der Waals surface area contributed by atoms with Crippen molar-refractivity contribution in [3.8, 4) is 0 Å². The average molecular weight is 429 g/mol. The molecule has 150 valence electrons. The number of hydrogen-bond acceptors (Lipinski definition) is 4. The zero-order valence-corrected chi connectivity index (χ0v) is 17.3. The van der Waals surface area contributed by atoms with Crippen molar-refractivity contribution in [2.75, 3.05) is 6.54 Å². The van der Waals surface area contributed by atoms with Gasteiger partial charge in [0.2, 0.25) is 5.91 Å². The highest BCUT2D eigenvalue weighted by Gasteiger charge is 2.39. The molecule has 7 heteroatoms. The van der Waals surface area contributed by atoms with Crippen molar-refractivity contribution in [3.63, 3.8) is 0 Å². The number of nitrogens with two attached hydrogens (primary N) is 1. The number of benzene rings is 1. The molecule has 1 amide bonds. The van der Waals surface area contributed by atoms with E-state index in [9.17, 15) is 4.79 Å². The Labute approximate surface area is 180 Å². The fourth-order valence-corrected chi connectivity index (χ4v) is 3.91. The Hall–Kier alpha value is -2.47. The number of hydrogen-bond donors (Lipinski definition) is 2. The van der Waals surface area contributed by atoms with E-state index < -0.39 is 11.4 Å². The third kappa shape index (κ3) is 5.32. The van der Waals surface area contributed by atoms with E-state index in [-0.39, 0.29) is 0 Å². The first-order valence-electron chi connectivity index (χ1n) is 9.29. The molecule has 29 heavy (non-hydrogen) atoms. The van der Waals surface area contributed by atoms with Gasteiger partial charge < -0.3 is 5.73 Å². The Balaban J connectivity index is 1.89. The number of aryl methyl sites for hydroxylation is 1. The van der Waals surface area contributed by atoms with E-state index in [1.165, 1.54) is 0 Å². The molecule has 1 atom stereocenters. The van der Waals surface area contributed by atoms with Crippen molar-refractivity contribution in [2.45, 2.75) is 24.8 Å². The Morgan fingerprint density at radius 1 is 1.00 bits per heavy atom. The summed E-state index contributed by atoms with van der Waals surface area (Å²) in [5, 5.41) is 4.28. The maximum absolute atomic E-state index is 12.8. The maximum atomic E-state index is 12.8. The highest BCUT2D eigenvalue weighted by Crippen LogP contribution is 2.34. The molecule has 5 nitrogen and oxygen atoms in total. The molecule has 1 aromatic carbocycles. The van der Waals surface area contributed by atoms with Gasteiger partial charge in [0, 0.05) is 46.9 Å². The molecule has 0 spiro atoms. The number of pyridine rings is 2. The lowest BCUT2D eigenvalue weighted by atomic mass is 9.83. The minimum atomic E-state index is -1.14. The third-order valence-electron chi connectivity index (χ3n) is 4.89. The standard InChI is InChI=1S/C22H22Cl2N4O/c23-18-5-6-19(20(24)13-18)22(21(25)29,9-7-16-3-1-10-26-14-16)28-12-8-17-4-2-11-27-15-17/h1-6,10-11,13-15,28H,7-9,12H2,(H2,25,29). The average Bonchev–Trinajstić information content (AvgIpc) is 2.72. The summed E-state index contributed by atoms with van der Waals surface area (Å²) in [6, 6.07) is 12.8. The second-order valence-corrected chi connectivity index (χ2v) is 7.64. The second-order valence-electron chi connectivity index (χ2n) is 6.79. The van der Waals surface area contributed by atoms with Gasteiger partial charge in [0.05, 0.1) is 0 Å². The third-order valence-corrected chi connectivity index (χ3v) is 5.43. The Morgan fingerprint density at radius 3 is 2.21 bits per heavy atom. The quantitative estimate of drug-likeness (QED) is 0.540. The molecule has 0 aliphatic rings. The van der Waals surface area contributed by atoms with Crippen molar-refractivity contribution < 1.29 is 4.79 Å². The van der Waals surface area contributed by atoms with Gasteiger partial charge in [-0.1, -0.05) is 41.4 Å². The van der Waals surface area contributed by atoms with E-state index in [2.05, 4.69) is 15.3 Å². The van der Waals surface area contributed by atoms with E-state index in [1.807, 2.05) is 24.3 Å². The lowest BCUT2D eigenvalue weighted by Crippen LogP contribution is -2.53. The van der Waals surface area contributed by atoms with Crippen molar-refractivity contribution in [3.05, 3.63) is 94.0 Å². The van der Waals surface area contributed by atoms with Crippen LogP contribution in [0.15, 0.2) is 67.3 Å². The summed E-state index contributed by atoms with van der Waals surface area (Å²) in [7, 11) is 0. The number of carbonyl (C=O) groups is 1. The number of carbonyl (C=O) groups excluding carboxylic acids is 1. The first-order valence-corrected chi connectivity index (χ1v) is 10.0. The molecule has 0 aliphatic carbocycles. The SMILES string of the molecule is NC(=O)C(CCc1cccnc1)(NCCc1cccnc1)c1ccc(Cl)cc1Cl. The number of amides is 1. The van der Waals surface area contributed by atoms with Gasteiger partial charge in [0.25, 0.3) is 0 Å². The van der Waals surface area contributed by atoms with Crippen molar-refractivity contribution in [1.29, 1.82) is 0 Å². The number of primary amides is 1. The highest BCUT2D eigenvalue weighted by atomic mass is 35.5. The Morgan fingerprint density at radius 2 is 1.66 bits per heavy atom. The van der Waals surface area contributed by atoms with Crippen LogP contribution in [0.5, 0.6) is 0 Å². The summed E-state index contributed by atoms with van der Waals surface area (Å²) >= 11 is 12.5. The topological polar surface area (TPSA) is 80.9 Å². The summed E-state index contributed by atoms with van der Waals surface area (Å²) in [4.78, 5) is 21.0. The second kappa shape index (κ2) is 9.83. The zero-order chi connectivity index (χ0) is 20.7. The molecule has 0 saturated heterocycles. The minimum absolute atomic E-state index is 0.399. The molecule has 0 fully saturated rings. The molecular weight excluding hydrogens is 407 g/mol. The molecule has 0 radical (unpaired) electrons. The molecule has 1 unspecified atom stereocenters. The van der Waals surface area contributed by atoms with Crippen LogP contribution in [-0.4, -0.2) is 22.4 Å². The number of nitrogens with zero attached hydrogens (tertiary/aromatic N) is 2. The molecule has 2 heterocycles. The summed E-state index contributed by atoms with van der Waals surface area (Å²) < 4.78 is 0. The van der Waals surface area contributed by atoms with Gasteiger partial charge in [-0.15, -0.1) is 0 Å². The molecule has 3 rings (SSSR count).